The molecule has 0 spiro atoms. The maximum Gasteiger partial charge on any atom is 0.256 e. The molecular weight excluding hydrogens is 444 g/mol. The summed E-state index contributed by atoms with van der Waals surface area (Å²) < 4.78 is 33.2. The van der Waals surface area contributed by atoms with Crippen molar-refractivity contribution in [3.05, 3.63) is 30.5 Å². The van der Waals surface area contributed by atoms with Crippen molar-refractivity contribution in [2.45, 2.75) is 57.7 Å². The van der Waals surface area contributed by atoms with Gasteiger partial charge in [0.2, 0.25) is 5.95 Å². The molecule has 180 valence electrons. The lowest BCUT2D eigenvalue weighted by molar-refractivity contribution is 0.00719. The SMILES string of the molecule is Cc1nc2ncc(-c3c[nH]c4nc(N[C@H]5CC[C@H](OCCO)CC5)ncc34)cc2n1CC(F)F. The van der Waals surface area contributed by atoms with Gasteiger partial charge in [0.05, 0.1) is 31.4 Å². The number of nitrogens with zero attached hydrogens (tertiary/aromatic N) is 5. The highest BCUT2D eigenvalue weighted by molar-refractivity contribution is 5.95. The number of aromatic nitrogens is 6. The van der Waals surface area contributed by atoms with Crippen LogP contribution in [0.3, 0.4) is 0 Å². The molecule has 0 saturated heterocycles. The third-order valence-electron chi connectivity index (χ3n) is 6.31. The molecule has 4 aromatic heterocycles. The maximum atomic E-state index is 13.1. The number of aliphatic hydroxyl groups is 1. The quantitative estimate of drug-likeness (QED) is 0.359. The summed E-state index contributed by atoms with van der Waals surface area (Å²) in [4.78, 5) is 21.0. The molecule has 3 N–H and O–H groups in total. The molecule has 0 aromatic carbocycles. The van der Waals surface area contributed by atoms with Crippen LogP contribution in [0.25, 0.3) is 33.3 Å². The minimum Gasteiger partial charge on any atom is -0.394 e. The number of aryl methyl sites for hydroxylation is 1. The van der Waals surface area contributed by atoms with Gasteiger partial charge >= 0.3 is 0 Å². The molecule has 0 amide bonds. The van der Waals surface area contributed by atoms with Crippen molar-refractivity contribution in [2.75, 3.05) is 18.5 Å². The number of hydrogen-bond donors (Lipinski definition) is 3. The number of rotatable bonds is 8. The van der Waals surface area contributed by atoms with Crippen LogP contribution in [-0.4, -0.2) is 66.4 Å². The average Bonchev–Trinajstić information content (AvgIpc) is 3.38. The Morgan fingerprint density at radius 3 is 2.79 bits per heavy atom. The monoisotopic (exact) mass is 471 g/mol. The summed E-state index contributed by atoms with van der Waals surface area (Å²) in [5, 5.41) is 13.1. The van der Waals surface area contributed by atoms with E-state index in [1.54, 1.807) is 19.3 Å². The number of ether oxygens (including phenoxy) is 1. The van der Waals surface area contributed by atoms with Gasteiger partial charge in [0.15, 0.2) is 5.65 Å². The minimum absolute atomic E-state index is 0.0487. The zero-order chi connectivity index (χ0) is 23.7. The van der Waals surface area contributed by atoms with Gasteiger partial charge in [0.1, 0.15) is 11.5 Å². The number of imidazole rings is 1. The molecule has 0 aliphatic heterocycles. The molecule has 11 heteroatoms. The molecule has 1 saturated carbocycles. The van der Waals surface area contributed by atoms with Crippen LogP contribution in [0.5, 0.6) is 0 Å². The molecule has 5 rings (SSSR count). The van der Waals surface area contributed by atoms with E-state index in [1.807, 2.05) is 12.3 Å². The Labute approximate surface area is 194 Å². The lowest BCUT2D eigenvalue weighted by Gasteiger charge is -2.28. The van der Waals surface area contributed by atoms with E-state index in [2.05, 4.69) is 30.2 Å². The Kier molecular flexibility index (Phi) is 6.38. The Morgan fingerprint density at radius 1 is 1.21 bits per heavy atom. The van der Waals surface area contributed by atoms with Crippen molar-refractivity contribution in [3.63, 3.8) is 0 Å². The first kappa shape index (κ1) is 22.6. The molecule has 0 radical (unpaired) electrons. The lowest BCUT2D eigenvalue weighted by Crippen LogP contribution is -2.30. The highest BCUT2D eigenvalue weighted by Gasteiger charge is 2.22. The molecule has 4 aromatic rings. The van der Waals surface area contributed by atoms with Crippen LogP contribution in [0.4, 0.5) is 14.7 Å². The van der Waals surface area contributed by atoms with E-state index in [9.17, 15) is 8.78 Å². The molecular formula is C23H27F2N7O2. The summed E-state index contributed by atoms with van der Waals surface area (Å²) in [6.45, 7) is 1.71. The number of alkyl halides is 2. The summed E-state index contributed by atoms with van der Waals surface area (Å²) in [7, 11) is 0. The van der Waals surface area contributed by atoms with Crippen LogP contribution in [0.2, 0.25) is 0 Å². The first-order valence-corrected chi connectivity index (χ1v) is 11.5. The van der Waals surface area contributed by atoms with Crippen LogP contribution in [0.1, 0.15) is 31.5 Å². The van der Waals surface area contributed by atoms with Gasteiger partial charge in [-0.25, -0.2) is 23.7 Å². The van der Waals surface area contributed by atoms with Gasteiger partial charge in [-0.3, -0.25) is 0 Å². The fraction of sp³-hybridized carbons (Fsp3) is 0.478. The second-order valence-electron chi connectivity index (χ2n) is 8.60. The number of nitrogens with one attached hydrogen (secondary N) is 2. The summed E-state index contributed by atoms with van der Waals surface area (Å²) in [6, 6.07) is 2.10. The standard InChI is InChI=1S/C23H27F2N7O2/c1-13-29-22-19(32(13)12-20(24)25)8-14(9-26-22)17-10-27-21-18(17)11-28-23(31-21)30-15-2-4-16(5-3-15)34-7-6-33/h8-11,15-16,20,33H,2-7,12H2,1H3,(H2,27,28,30,31)/t15-,16-. The van der Waals surface area contributed by atoms with E-state index in [4.69, 9.17) is 9.84 Å². The number of aliphatic hydroxyl groups excluding tert-OH is 1. The molecule has 4 heterocycles. The number of H-pyrrole nitrogens is 1. The first-order valence-electron chi connectivity index (χ1n) is 11.5. The van der Waals surface area contributed by atoms with Crippen molar-refractivity contribution in [2.24, 2.45) is 0 Å². The Balaban J connectivity index is 1.35. The number of fused-ring (bicyclic) bond motifs is 2. The molecule has 0 unspecified atom stereocenters. The molecule has 0 atom stereocenters. The summed E-state index contributed by atoms with van der Waals surface area (Å²) in [5.74, 6) is 1.06. The van der Waals surface area contributed by atoms with Gasteiger partial charge in [-0.2, -0.15) is 4.98 Å². The van der Waals surface area contributed by atoms with Gasteiger partial charge < -0.3 is 24.7 Å². The number of halogens is 2. The van der Waals surface area contributed by atoms with E-state index in [-0.39, 0.29) is 18.8 Å². The fourth-order valence-corrected chi connectivity index (χ4v) is 4.63. The molecule has 9 nitrogen and oxygen atoms in total. The topological polar surface area (TPSA) is 114 Å². The molecule has 1 aliphatic rings. The van der Waals surface area contributed by atoms with E-state index >= 15 is 0 Å². The number of hydrogen-bond acceptors (Lipinski definition) is 7. The van der Waals surface area contributed by atoms with Crippen LogP contribution in [0.15, 0.2) is 24.7 Å². The van der Waals surface area contributed by atoms with E-state index in [1.165, 1.54) is 4.57 Å². The van der Waals surface area contributed by atoms with Gasteiger partial charge in [-0.05, 0) is 38.7 Å². The van der Waals surface area contributed by atoms with Gasteiger partial charge in [-0.1, -0.05) is 0 Å². The lowest BCUT2D eigenvalue weighted by atomic mass is 9.93. The Bertz CT molecular complexity index is 1280. The zero-order valence-corrected chi connectivity index (χ0v) is 18.8. The predicted molar refractivity (Wildman–Crippen MR) is 124 cm³/mol. The Hall–Kier alpha value is -3.18. The van der Waals surface area contributed by atoms with Crippen molar-refractivity contribution >= 4 is 28.1 Å². The van der Waals surface area contributed by atoms with Gasteiger partial charge in [0, 0.05) is 41.1 Å². The van der Waals surface area contributed by atoms with E-state index in [0.717, 1.165) is 42.2 Å². The maximum absolute atomic E-state index is 13.1. The van der Waals surface area contributed by atoms with Crippen LogP contribution in [0, 0.1) is 6.92 Å². The van der Waals surface area contributed by atoms with Crippen molar-refractivity contribution in [1.82, 2.24) is 29.5 Å². The zero-order valence-electron chi connectivity index (χ0n) is 18.8. The van der Waals surface area contributed by atoms with Crippen LogP contribution < -0.4 is 5.32 Å². The smallest absolute Gasteiger partial charge is 0.256 e. The van der Waals surface area contributed by atoms with E-state index < -0.39 is 13.0 Å². The molecule has 0 bridgehead atoms. The van der Waals surface area contributed by atoms with E-state index in [0.29, 0.717) is 35.2 Å². The number of pyridine rings is 1. The highest BCUT2D eigenvalue weighted by Crippen LogP contribution is 2.30. The third kappa shape index (κ3) is 4.58. The second-order valence-corrected chi connectivity index (χ2v) is 8.60. The van der Waals surface area contributed by atoms with Crippen molar-refractivity contribution < 1.29 is 18.6 Å². The third-order valence-corrected chi connectivity index (χ3v) is 6.31. The van der Waals surface area contributed by atoms with Gasteiger partial charge in [0.25, 0.3) is 6.43 Å². The predicted octanol–water partition coefficient (Wildman–Crippen LogP) is 3.68. The first-order chi connectivity index (χ1) is 16.5. The van der Waals surface area contributed by atoms with Crippen molar-refractivity contribution in [3.8, 4) is 11.1 Å². The average molecular weight is 472 g/mol. The Morgan fingerprint density at radius 2 is 2.03 bits per heavy atom. The number of aromatic amines is 1. The minimum atomic E-state index is -2.48. The molecule has 1 fully saturated rings. The second kappa shape index (κ2) is 9.59. The van der Waals surface area contributed by atoms with Crippen LogP contribution in [-0.2, 0) is 11.3 Å². The van der Waals surface area contributed by atoms with Gasteiger partial charge in [-0.15, -0.1) is 0 Å². The normalized spacial score (nSPS) is 18.9. The summed E-state index contributed by atoms with van der Waals surface area (Å²) >= 11 is 0. The largest absolute Gasteiger partial charge is 0.394 e. The fourth-order valence-electron chi connectivity index (χ4n) is 4.63. The summed E-state index contributed by atoms with van der Waals surface area (Å²) in [5.41, 5.74) is 3.33. The number of anilines is 1. The highest BCUT2D eigenvalue weighted by atomic mass is 19.3. The summed E-state index contributed by atoms with van der Waals surface area (Å²) in [6.07, 6.45) is 6.77. The van der Waals surface area contributed by atoms with Crippen molar-refractivity contribution in [1.29, 1.82) is 0 Å². The van der Waals surface area contributed by atoms with Crippen LogP contribution >= 0.6 is 0 Å². The molecule has 1 aliphatic carbocycles. The molecule has 34 heavy (non-hydrogen) atoms.